The van der Waals surface area contributed by atoms with Crippen LogP contribution in [0.2, 0.25) is 0 Å². The Bertz CT molecular complexity index is 228. The highest BCUT2D eigenvalue weighted by Crippen LogP contribution is 1.97. The summed E-state index contributed by atoms with van der Waals surface area (Å²) in [5, 5.41) is 0. The molecule has 0 unspecified atom stereocenters. The van der Waals surface area contributed by atoms with E-state index in [9.17, 15) is 4.79 Å². The molecule has 62 valence electrons. The number of H-pyrrole nitrogens is 1. The van der Waals surface area contributed by atoms with Crippen molar-refractivity contribution in [1.29, 1.82) is 0 Å². The summed E-state index contributed by atoms with van der Waals surface area (Å²) < 4.78 is 0. The first-order valence-electron chi connectivity index (χ1n) is 3.65. The molecular weight excluding hydrogens is 140 g/mol. The number of aromatic nitrogens is 1. The second-order valence-corrected chi connectivity index (χ2v) is 1.92. The highest BCUT2D eigenvalue weighted by Gasteiger charge is 1.98. The molecule has 0 radical (unpaired) electrons. The van der Waals surface area contributed by atoms with E-state index in [1.807, 2.05) is 20.8 Å². The lowest BCUT2D eigenvalue weighted by Gasteiger charge is -1.84. The summed E-state index contributed by atoms with van der Waals surface area (Å²) in [5.74, 6) is -0.414. The third-order valence-electron chi connectivity index (χ3n) is 1.10. The summed E-state index contributed by atoms with van der Waals surface area (Å²) in [6.45, 7) is 5.87. The topological polar surface area (TPSA) is 58.9 Å². The number of rotatable bonds is 1. The van der Waals surface area contributed by atoms with Gasteiger partial charge in [-0.05, 0) is 19.1 Å². The number of primary amides is 1. The number of hydrogen-bond acceptors (Lipinski definition) is 1. The molecule has 1 aromatic heterocycles. The number of aryl methyl sites for hydroxylation is 1. The van der Waals surface area contributed by atoms with Gasteiger partial charge in [-0.15, -0.1) is 0 Å². The van der Waals surface area contributed by atoms with Crippen molar-refractivity contribution >= 4 is 5.91 Å². The van der Waals surface area contributed by atoms with Gasteiger partial charge in [0.25, 0.3) is 5.91 Å². The number of hydrogen-bond donors (Lipinski definition) is 2. The maximum atomic E-state index is 10.4. The molecule has 0 aliphatic heterocycles. The van der Waals surface area contributed by atoms with Crippen molar-refractivity contribution in [1.82, 2.24) is 4.98 Å². The molecular formula is C8H14N2O. The minimum Gasteiger partial charge on any atom is -0.364 e. The van der Waals surface area contributed by atoms with Crippen LogP contribution in [0.4, 0.5) is 0 Å². The highest BCUT2D eigenvalue weighted by atomic mass is 16.1. The van der Waals surface area contributed by atoms with Crippen molar-refractivity contribution in [2.45, 2.75) is 20.8 Å². The second kappa shape index (κ2) is 4.55. The van der Waals surface area contributed by atoms with Gasteiger partial charge in [-0.2, -0.15) is 0 Å². The monoisotopic (exact) mass is 154 g/mol. The number of carbonyl (C=O) groups is 1. The lowest BCUT2D eigenvalue weighted by molar-refractivity contribution is 0.0996. The van der Waals surface area contributed by atoms with Gasteiger partial charge in [-0.3, -0.25) is 4.79 Å². The van der Waals surface area contributed by atoms with E-state index in [1.54, 1.807) is 12.1 Å². The van der Waals surface area contributed by atoms with Crippen molar-refractivity contribution in [2.75, 3.05) is 0 Å². The quantitative estimate of drug-likeness (QED) is 0.632. The fourth-order valence-corrected chi connectivity index (χ4v) is 0.648. The Morgan fingerprint density at radius 1 is 1.45 bits per heavy atom. The van der Waals surface area contributed by atoms with Gasteiger partial charge in [-0.1, -0.05) is 13.8 Å². The van der Waals surface area contributed by atoms with Gasteiger partial charge in [0.05, 0.1) is 0 Å². The van der Waals surface area contributed by atoms with Crippen LogP contribution >= 0.6 is 0 Å². The van der Waals surface area contributed by atoms with Crippen molar-refractivity contribution in [3.63, 3.8) is 0 Å². The lowest BCUT2D eigenvalue weighted by atomic mass is 10.4. The van der Waals surface area contributed by atoms with Gasteiger partial charge in [-0.25, -0.2) is 0 Å². The summed E-state index contributed by atoms with van der Waals surface area (Å²) in [6.07, 6.45) is 0. The molecule has 0 saturated heterocycles. The molecule has 1 heterocycles. The van der Waals surface area contributed by atoms with E-state index in [1.165, 1.54) is 0 Å². The van der Waals surface area contributed by atoms with E-state index in [0.29, 0.717) is 5.69 Å². The molecule has 0 aliphatic rings. The predicted octanol–water partition coefficient (Wildman–Crippen LogP) is 1.45. The third kappa shape index (κ3) is 2.89. The first-order valence-corrected chi connectivity index (χ1v) is 3.65. The molecule has 1 rings (SSSR count). The summed E-state index contributed by atoms with van der Waals surface area (Å²) in [5.41, 5.74) is 6.37. The Morgan fingerprint density at radius 2 is 2.00 bits per heavy atom. The smallest absolute Gasteiger partial charge is 0.265 e. The number of amides is 1. The molecule has 3 heteroatoms. The van der Waals surface area contributed by atoms with Gasteiger partial charge >= 0.3 is 0 Å². The Balaban J connectivity index is 0.000000461. The van der Waals surface area contributed by atoms with E-state index in [0.717, 1.165) is 5.69 Å². The summed E-state index contributed by atoms with van der Waals surface area (Å²) in [7, 11) is 0. The van der Waals surface area contributed by atoms with Crippen LogP contribution in [0.5, 0.6) is 0 Å². The van der Waals surface area contributed by atoms with Crippen molar-refractivity contribution in [2.24, 2.45) is 5.73 Å². The van der Waals surface area contributed by atoms with E-state index in [2.05, 4.69) is 4.98 Å². The fraction of sp³-hybridized carbons (Fsp3) is 0.375. The number of aromatic amines is 1. The first kappa shape index (κ1) is 9.75. The minimum absolute atomic E-state index is 0.414. The molecule has 0 spiro atoms. The molecule has 11 heavy (non-hydrogen) atoms. The van der Waals surface area contributed by atoms with Crippen molar-refractivity contribution < 1.29 is 4.79 Å². The Morgan fingerprint density at radius 3 is 2.18 bits per heavy atom. The number of nitrogens with two attached hydrogens (primary N) is 1. The average molecular weight is 154 g/mol. The molecule has 3 nitrogen and oxygen atoms in total. The summed E-state index contributed by atoms with van der Waals surface area (Å²) in [6, 6.07) is 3.47. The average Bonchev–Trinajstić information content (AvgIpc) is 2.40. The Hall–Kier alpha value is -1.25. The maximum Gasteiger partial charge on any atom is 0.265 e. The zero-order valence-electron chi connectivity index (χ0n) is 7.14. The van der Waals surface area contributed by atoms with E-state index >= 15 is 0 Å². The normalized spacial score (nSPS) is 8.27. The molecule has 1 amide bonds. The third-order valence-corrected chi connectivity index (χ3v) is 1.10. The molecule has 0 fully saturated rings. The van der Waals surface area contributed by atoms with Gasteiger partial charge in [0.2, 0.25) is 0 Å². The molecule has 0 saturated carbocycles. The molecule has 1 aromatic rings. The summed E-state index contributed by atoms with van der Waals surface area (Å²) >= 11 is 0. The second-order valence-electron chi connectivity index (χ2n) is 1.92. The molecule has 0 bridgehead atoms. The van der Waals surface area contributed by atoms with Crippen LogP contribution in [-0.4, -0.2) is 10.9 Å². The van der Waals surface area contributed by atoms with Gasteiger partial charge < -0.3 is 10.7 Å². The van der Waals surface area contributed by atoms with Crippen LogP contribution in [0, 0.1) is 6.92 Å². The zero-order valence-corrected chi connectivity index (χ0v) is 7.14. The largest absolute Gasteiger partial charge is 0.364 e. The van der Waals surface area contributed by atoms with Crippen LogP contribution in [0.3, 0.4) is 0 Å². The lowest BCUT2D eigenvalue weighted by Crippen LogP contribution is -2.10. The van der Waals surface area contributed by atoms with E-state index < -0.39 is 5.91 Å². The summed E-state index contributed by atoms with van der Waals surface area (Å²) in [4.78, 5) is 13.2. The minimum atomic E-state index is -0.414. The molecule has 0 aliphatic carbocycles. The van der Waals surface area contributed by atoms with E-state index in [4.69, 9.17) is 5.73 Å². The molecule has 0 aromatic carbocycles. The van der Waals surface area contributed by atoms with Crippen molar-refractivity contribution in [3.8, 4) is 0 Å². The van der Waals surface area contributed by atoms with Crippen LogP contribution in [0.1, 0.15) is 30.0 Å². The SMILES string of the molecule is CC.Cc1ccc(C(N)=O)[nH]1. The first-order chi connectivity index (χ1) is 5.20. The standard InChI is InChI=1S/C6H8N2O.C2H6/c1-4-2-3-5(8-4)6(7)9;1-2/h2-3,8H,1H3,(H2,7,9);1-2H3. The van der Waals surface area contributed by atoms with Crippen LogP contribution in [0.25, 0.3) is 0 Å². The predicted molar refractivity (Wildman–Crippen MR) is 45.4 cm³/mol. The maximum absolute atomic E-state index is 10.4. The van der Waals surface area contributed by atoms with Crippen molar-refractivity contribution in [3.05, 3.63) is 23.5 Å². The fourth-order valence-electron chi connectivity index (χ4n) is 0.648. The van der Waals surface area contributed by atoms with Crippen LogP contribution in [-0.2, 0) is 0 Å². The zero-order chi connectivity index (χ0) is 8.85. The van der Waals surface area contributed by atoms with Gasteiger partial charge in [0.15, 0.2) is 0 Å². The molecule has 3 N–H and O–H groups in total. The highest BCUT2D eigenvalue weighted by molar-refractivity contribution is 5.90. The van der Waals surface area contributed by atoms with Gasteiger partial charge in [0.1, 0.15) is 5.69 Å². The van der Waals surface area contributed by atoms with Gasteiger partial charge in [0, 0.05) is 5.69 Å². The van der Waals surface area contributed by atoms with Crippen LogP contribution in [0.15, 0.2) is 12.1 Å². The Labute approximate surface area is 66.6 Å². The number of nitrogens with one attached hydrogen (secondary N) is 1. The number of carbonyl (C=O) groups excluding carboxylic acids is 1. The molecule has 0 atom stereocenters. The Kier molecular flexibility index (Phi) is 4.03. The van der Waals surface area contributed by atoms with Crippen LogP contribution < -0.4 is 5.73 Å². The van der Waals surface area contributed by atoms with E-state index in [-0.39, 0.29) is 0 Å².